The van der Waals surface area contributed by atoms with Gasteiger partial charge in [-0.1, -0.05) is 0 Å². The van der Waals surface area contributed by atoms with Crippen LogP contribution in [0.15, 0.2) is 23.6 Å². The quantitative estimate of drug-likeness (QED) is 0.609. The molecule has 0 spiro atoms. The lowest BCUT2D eigenvalue weighted by Crippen LogP contribution is -2.55. The van der Waals surface area contributed by atoms with Crippen LogP contribution in [0.4, 0.5) is 0 Å². The third kappa shape index (κ3) is 5.16. The van der Waals surface area contributed by atoms with Crippen LogP contribution in [0.2, 0.25) is 0 Å². The number of nitrogens with zero attached hydrogens (tertiary/aromatic N) is 2. The molecule has 0 saturated carbocycles. The van der Waals surface area contributed by atoms with Crippen LogP contribution in [0.1, 0.15) is 27.7 Å². The number of nitrogens with one attached hydrogen (secondary N) is 1. The van der Waals surface area contributed by atoms with Gasteiger partial charge < -0.3 is 4.74 Å². The predicted molar refractivity (Wildman–Crippen MR) is 76.1 cm³/mol. The second-order valence-corrected chi connectivity index (χ2v) is 5.68. The first kappa shape index (κ1) is 15.9. The Labute approximate surface area is 118 Å². The van der Waals surface area contributed by atoms with E-state index in [1.807, 2.05) is 27.7 Å². The summed E-state index contributed by atoms with van der Waals surface area (Å²) in [6.07, 6.45) is 4.95. The zero-order valence-corrected chi connectivity index (χ0v) is 12.7. The van der Waals surface area contributed by atoms with Crippen molar-refractivity contribution in [1.82, 2.24) is 15.3 Å². The van der Waals surface area contributed by atoms with Gasteiger partial charge in [0.1, 0.15) is 10.6 Å². The minimum Gasteiger partial charge on any atom is -0.465 e. The number of ether oxygens (including phenoxy) is 1. The fourth-order valence-electron chi connectivity index (χ4n) is 1.67. The SMILES string of the molecule is CCOC(=O)C(C)(CSc1cnccn1)NC(C)C. The summed E-state index contributed by atoms with van der Waals surface area (Å²) in [5, 5.41) is 4.06. The highest BCUT2D eigenvalue weighted by molar-refractivity contribution is 7.99. The molecule has 19 heavy (non-hydrogen) atoms. The van der Waals surface area contributed by atoms with E-state index in [0.717, 1.165) is 5.03 Å². The van der Waals surface area contributed by atoms with Crippen molar-refractivity contribution < 1.29 is 9.53 Å². The molecule has 0 aliphatic rings. The summed E-state index contributed by atoms with van der Waals surface area (Å²) in [6.45, 7) is 8.05. The van der Waals surface area contributed by atoms with E-state index in [-0.39, 0.29) is 12.0 Å². The third-order valence-corrected chi connectivity index (χ3v) is 3.61. The van der Waals surface area contributed by atoms with E-state index in [4.69, 9.17) is 4.74 Å². The zero-order chi connectivity index (χ0) is 14.3. The number of thioether (sulfide) groups is 1. The normalized spacial score (nSPS) is 14.2. The first-order chi connectivity index (χ1) is 8.98. The molecule has 0 bridgehead atoms. The molecule has 1 aromatic rings. The number of hydrogen-bond donors (Lipinski definition) is 1. The number of esters is 1. The zero-order valence-electron chi connectivity index (χ0n) is 11.8. The Bertz CT molecular complexity index is 400. The van der Waals surface area contributed by atoms with Crippen LogP contribution in [-0.2, 0) is 9.53 Å². The van der Waals surface area contributed by atoms with Crippen molar-refractivity contribution in [3.63, 3.8) is 0 Å². The Morgan fingerprint density at radius 1 is 1.53 bits per heavy atom. The number of hydrogen-bond acceptors (Lipinski definition) is 6. The van der Waals surface area contributed by atoms with Crippen LogP contribution in [0.25, 0.3) is 0 Å². The number of carbonyl (C=O) groups excluding carboxylic acids is 1. The molecule has 0 aliphatic heterocycles. The summed E-state index contributed by atoms with van der Waals surface area (Å²) in [5.74, 6) is 0.308. The monoisotopic (exact) mass is 283 g/mol. The van der Waals surface area contributed by atoms with Gasteiger partial charge >= 0.3 is 5.97 Å². The van der Waals surface area contributed by atoms with Crippen LogP contribution in [0.3, 0.4) is 0 Å². The van der Waals surface area contributed by atoms with Gasteiger partial charge in [0.15, 0.2) is 0 Å². The van der Waals surface area contributed by atoms with Crippen LogP contribution in [0.5, 0.6) is 0 Å². The topological polar surface area (TPSA) is 64.1 Å². The Balaban J connectivity index is 2.71. The van der Waals surface area contributed by atoms with E-state index >= 15 is 0 Å². The molecule has 106 valence electrons. The summed E-state index contributed by atoms with van der Waals surface area (Å²) >= 11 is 1.49. The van der Waals surface area contributed by atoms with Crippen molar-refractivity contribution in [2.75, 3.05) is 12.4 Å². The minimum atomic E-state index is -0.730. The van der Waals surface area contributed by atoms with Gasteiger partial charge in [-0.3, -0.25) is 15.1 Å². The van der Waals surface area contributed by atoms with Crippen LogP contribution in [-0.4, -0.2) is 39.9 Å². The molecule has 5 nitrogen and oxygen atoms in total. The molecular weight excluding hydrogens is 262 g/mol. The maximum Gasteiger partial charge on any atom is 0.326 e. The number of aromatic nitrogens is 2. The van der Waals surface area contributed by atoms with Crippen molar-refractivity contribution in [3.05, 3.63) is 18.6 Å². The average Bonchev–Trinajstić information content (AvgIpc) is 2.37. The summed E-state index contributed by atoms with van der Waals surface area (Å²) < 4.78 is 5.15. The third-order valence-electron chi connectivity index (χ3n) is 2.38. The molecule has 1 heterocycles. The van der Waals surface area contributed by atoms with Crippen LogP contribution < -0.4 is 5.32 Å². The molecule has 0 saturated heterocycles. The van der Waals surface area contributed by atoms with Gasteiger partial charge in [0.05, 0.1) is 12.8 Å². The Morgan fingerprint density at radius 2 is 2.26 bits per heavy atom. The predicted octanol–water partition coefficient (Wildman–Crippen LogP) is 1.89. The van der Waals surface area contributed by atoms with Gasteiger partial charge in [-0.25, -0.2) is 4.98 Å². The van der Waals surface area contributed by atoms with Gasteiger partial charge in [-0.15, -0.1) is 11.8 Å². The Morgan fingerprint density at radius 3 is 2.79 bits per heavy atom. The second kappa shape index (κ2) is 7.45. The first-order valence-electron chi connectivity index (χ1n) is 6.31. The minimum absolute atomic E-state index is 0.192. The largest absolute Gasteiger partial charge is 0.465 e. The fraction of sp³-hybridized carbons (Fsp3) is 0.615. The van der Waals surface area contributed by atoms with E-state index in [0.29, 0.717) is 12.4 Å². The van der Waals surface area contributed by atoms with Crippen molar-refractivity contribution in [2.45, 2.75) is 44.3 Å². The van der Waals surface area contributed by atoms with E-state index in [9.17, 15) is 4.79 Å². The smallest absolute Gasteiger partial charge is 0.326 e. The van der Waals surface area contributed by atoms with E-state index in [2.05, 4.69) is 15.3 Å². The Hall–Kier alpha value is -1.14. The molecule has 6 heteroatoms. The van der Waals surface area contributed by atoms with Gasteiger partial charge in [-0.2, -0.15) is 0 Å². The maximum absolute atomic E-state index is 12.1. The lowest BCUT2D eigenvalue weighted by Gasteiger charge is -2.30. The molecule has 0 fully saturated rings. The maximum atomic E-state index is 12.1. The highest BCUT2D eigenvalue weighted by Gasteiger charge is 2.35. The lowest BCUT2D eigenvalue weighted by molar-refractivity contribution is -0.149. The van der Waals surface area contributed by atoms with E-state index in [1.54, 1.807) is 18.6 Å². The van der Waals surface area contributed by atoms with Crippen LogP contribution >= 0.6 is 11.8 Å². The van der Waals surface area contributed by atoms with E-state index < -0.39 is 5.54 Å². The Kier molecular flexibility index (Phi) is 6.24. The molecule has 0 aliphatic carbocycles. The summed E-state index contributed by atoms with van der Waals surface area (Å²) in [6, 6.07) is 0.192. The van der Waals surface area contributed by atoms with Gasteiger partial charge in [0.2, 0.25) is 0 Å². The molecular formula is C13H21N3O2S. The fourth-order valence-corrected chi connectivity index (χ4v) is 2.57. The van der Waals surface area contributed by atoms with Gasteiger partial charge in [-0.05, 0) is 27.7 Å². The van der Waals surface area contributed by atoms with Gasteiger partial charge in [0.25, 0.3) is 0 Å². The second-order valence-electron chi connectivity index (χ2n) is 4.68. The molecule has 1 unspecified atom stereocenters. The molecule has 1 N–H and O–H groups in total. The summed E-state index contributed by atoms with van der Waals surface area (Å²) in [5.41, 5.74) is -0.730. The standard InChI is InChI=1S/C13H21N3O2S/c1-5-18-12(17)13(4,16-10(2)3)9-19-11-8-14-6-7-15-11/h6-8,10,16H,5,9H2,1-4H3. The van der Waals surface area contributed by atoms with Crippen LogP contribution in [0, 0.1) is 0 Å². The van der Waals surface area contributed by atoms with Crippen molar-refractivity contribution in [3.8, 4) is 0 Å². The molecule has 1 rings (SSSR count). The first-order valence-corrected chi connectivity index (χ1v) is 7.30. The number of rotatable bonds is 7. The molecule has 0 amide bonds. The average molecular weight is 283 g/mol. The molecule has 0 aromatic carbocycles. The molecule has 1 aromatic heterocycles. The van der Waals surface area contributed by atoms with Gasteiger partial charge in [0, 0.05) is 24.2 Å². The molecule has 1 atom stereocenters. The molecule has 0 radical (unpaired) electrons. The highest BCUT2D eigenvalue weighted by atomic mass is 32.2. The summed E-state index contributed by atoms with van der Waals surface area (Å²) in [7, 11) is 0. The summed E-state index contributed by atoms with van der Waals surface area (Å²) in [4.78, 5) is 20.3. The van der Waals surface area contributed by atoms with Crippen molar-refractivity contribution >= 4 is 17.7 Å². The van der Waals surface area contributed by atoms with Crippen molar-refractivity contribution in [2.24, 2.45) is 0 Å². The van der Waals surface area contributed by atoms with Crippen molar-refractivity contribution in [1.29, 1.82) is 0 Å². The highest BCUT2D eigenvalue weighted by Crippen LogP contribution is 2.21. The lowest BCUT2D eigenvalue weighted by atomic mass is 10.0. The van der Waals surface area contributed by atoms with E-state index in [1.165, 1.54) is 11.8 Å². The number of carbonyl (C=O) groups is 1.